The molecule has 0 saturated carbocycles. The first-order chi connectivity index (χ1) is 10.6. The van der Waals surface area contributed by atoms with E-state index < -0.39 is 5.97 Å². The van der Waals surface area contributed by atoms with Crippen molar-refractivity contribution in [3.8, 4) is 5.75 Å². The summed E-state index contributed by atoms with van der Waals surface area (Å²) in [7, 11) is 0. The summed E-state index contributed by atoms with van der Waals surface area (Å²) in [6, 6.07) is 7.21. The number of piperidine rings is 1. The van der Waals surface area contributed by atoms with Crippen LogP contribution >= 0.6 is 0 Å². The fourth-order valence-corrected chi connectivity index (χ4v) is 2.91. The Hall–Kier alpha value is -2.04. The zero-order valence-electron chi connectivity index (χ0n) is 13.0. The SMILES string of the molecule is CCOc1cccc(C(=O)N2CCCC[C@H]2CCC(=O)O)c1. The van der Waals surface area contributed by atoms with Crippen molar-refractivity contribution in [2.45, 2.75) is 45.1 Å². The number of likely N-dealkylation sites (tertiary alicyclic amines) is 1. The van der Waals surface area contributed by atoms with E-state index in [1.54, 1.807) is 12.1 Å². The van der Waals surface area contributed by atoms with E-state index in [-0.39, 0.29) is 18.4 Å². The van der Waals surface area contributed by atoms with E-state index in [4.69, 9.17) is 9.84 Å². The van der Waals surface area contributed by atoms with Gasteiger partial charge in [-0.15, -0.1) is 0 Å². The van der Waals surface area contributed by atoms with Crippen LogP contribution in [0, 0.1) is 0 Å². The first kappa shape index (κ1) is 16.3. The predicted octanol–water partition coefficient (Wildman–Crippen LogP) is 2.94. The molecule has 1 atom stereocenters. The number of ether oxygens (including phenoxy) is 1. The number of aliphatic carboxylic acids is 1. The Morgan fingerprint density at radius 3 is 2.91 bits per heavy atom. The summed E-state index contributed by atoms with van der Waals surface area (Å²) in [6.07, 6.45) is 3.53. The Morgan fingerprint density at radius 2 is 2.18 bits per heavy atom. The molecule has 2 rings (SSSR count). The lowest BCUT2D eigenvalue weighted by Crippen LogP contribution is -2.44. The first-order valence-electron chi connectivity index (χ1n) is 7.87. The fraction of sp³-hybridized carbons (Fsp3) is 0.529. The van der Waals surface area contributed by atoms with Gasteiger partial charge in [0.15, 0.2) is 0 Å². The molecule has 1 fully saturated rings. The van der Waals surface area contributed by atoms with E-state index >= 15 is 0 Å². The Bertz CT molecular complexity index is 529. The Balaban J connectivity index is 2.10. The molecule has 1 aliphatic heterocycles. The largest absolute Gasteiger partial charge is 0.494 e. The van der Waals surface area contributed by atoms with Gasteiger partial charge in [-0.25, -0.2) is 0 Å². The number of carbonyl (C=O) groups excluding carboxylic acids is 1. The summed E-state index contributed by atoms with van der Waals surface area (Å²) in [4.78, 5) is 25.4. The van der Waals surface area contributed by atoms with E-state index in [9.17, 15) is 9.59 Å². The summed E-state index contributed by atoms with van der Waals surface area (Å²) in [5, 5.41) is 8.86. The highest BCUT2D eigenvalue weighted by molar-refractivity contribution is 5.95. The maximum atomic E-state index is 12.7. The molecule has 1 saturated heterocycles. The van der Waals surface area contributed by atoms with Gasteiger partial charge < -0.3 is 14.7 Å². The van der Waals surface area contributed by atoms with E-state index in [2.05, 4.69) is 0 Å². The van der Waals surface area contributed by atoms with Gasteiger partial charge in [0.05, 0.1) is 6.61 Å². The third-order valence-electron chi connectivity index (χ3n) is 3.97. The predicted molar refractivity (Wildman–Crippen MR) is 83.2 cm³/mol. The number of amides is 1. The molecule has 0 unspecified atom stereocenters. The smallest absolute Gasteiger partial charge is 0.303 e. The van der Waals surface area contributed by atoms with Crippen LogP contribution in [0.25, 0.3) is 0 Å². The van der Waals surface area contributed by atoms with E-state index in [1.807, 2.05) is 24.0 Å². The van der Waals surface area contributed by atoms with Crippen LogP contribution < -0.4 is 4.74 Å². The van der Waals surface area contributed by atoms with Crippen LogP contribution in [0.2, 0.25) is 0 Å². The Labute approximate surface area is 130 Å². The third kappa shape index (κ3) is 4.23. The number of nitrogens with zero attached hydrogens (tertiary/aromatic N) is 1. The number of rotatable bonds is 6. The lowest BCUT2D eigenvalue weighted by Gasteiger charge is -2.35. The van der Waals surface area contributed by atoms with Crippen molar-refractivity contribution in [3.05, 3.63) is 29.8 Å². The van der Waals surface area contributed by atoms with Crippen molar-refractivity contribution in [1.82, 2.24) is 4.90 Å². The molecule has 0 aliphatic carbocycles. The molecule has 1 amide bonds. The first-order valence-corrected chi connectivity index (χ1v) is 7.87. The van der Waals surface area contributed by atoms with Gasteiger partial charge in [0.2, 0.25) is 0 Å². The van der Waals surface area contributed by atoms with Crippen molar-refractivity contribution >= 4 is 11.9 Å². The molecule has 1 aliphatic rings. The van der Waals surface area contributed by atoms with E-state index in [0.717, 1.165) is 19.3 Å². The van der Waals surface area contributed by atoms with Crippen LogP contribution in [0.15, 0.2) is 24.3 Å². The summed E-state index contributed by atoms with van der Waals surface area (Å²) in [5.74, 6) is -0.152. The van der Waals surface area contributed by atoms with Crippen LogP contribution in [0.1, 0.15) is 49.4 Å². The summed E-state index contributed by atoms with van der Waals surface area (Å²) in [5.41, 5.74) is 0.605. The number of carboxylic acid groups (broad SMARTS) is 1. The van der Waals surface area contributed by atoms with Crippen LogP contribution in [-0.2, 0) is 4.79 Å². The highest BCUT2D eigenvalue weighted by atomic mass is 16.5. The van der Waals surface area contributed by atoms with Gasteiger partial charge in [-0.05, 0) is 50.8 Å². The molecule has 1 N–H and O–H groups in total. The standard InChI is InChI=1S/C17H23NO4/c1-2-22-15-8-5-6-13(12-15)17(21)18-11-4-3-7-14(18)9-10-16(19)20/h5-6,8,12,14H,2-4,7,9-11H2,1H3,(H,19,20)/t14-/m0/s1. The molecular formula is C17H23NO4. The number of carbonyl (C=O) groups is 2. The maximum absolute atomic E-state index is 12.7. The zero-order chi connectivity index (χ0) is 15.9. The zero-order valence-corrected chi connectivity index (χ0v) is 13.0. The molecule has 0 radical (unpaired) electrons. The van der Waals surface area contributed by atoms with Gasteiger partial charge in [-0.2, -0.15) is 0 Å². The topological polar surface area (TPSA) is 66.8 Å². The minimum absolute atomic E-state index is 0.0214. The highest BCUT2D eigenvalue weighted by Gasteiger charge is 2.27. The van der Waals surface area contributed by atoms with Gasteiger partial charge in [-0.3, -0.25) is 9.59 Å². The van der Waals surface area contributed by atoms with Gasteiger partial charge >= 0.3 is 5.97 Å². The van der Waals surface area contributed by atoms with E-state index in [1.165, 1.54) is 0 Å². The van der Waals surface area contributed by atoms with Crippen molar-refractivity contribution in [3.63, 3.8) is 0 Å². The molecule has 5 nitrogen and oxygen atoms in total. The quantitative estimate of drug-likeness (QED) is 0.877. The molecule has 0 spiro atoms. The second-order valence-electron chi connectivity index (χ2n) is 5.54. The molecule has 22 heavy (non-hydrogen) atoms. The molecule has 0 aromatic heterocycles. The van der Waals surface area contributed by atoms with Crippen LogP contribution in [-0.4, -0.2) is 41.1 Å². The van der Waals surface area contributed by atoms with Gasteiger partial charge in [0, 0.05) is 24.6 Å². The molecule has 5 heteroatoms. The van der Waals surface area contributed by atoms with Gasteiger partial charge in [0.25, 0.3) is 5.91 Å². The minimum atomic E-state index is -0.809. The third-order valence-corrected chi connectivity index (χ3v) is 3.97. The summed E-state index contributed by atoms with van der Waals surface area (Å²) >= 11 is 0. The molecular weight excluding hydrogens is 282 g/mol. The van der Waals surface area contributed by atoms with Crippen LogP contribution in [0.4, 0.5) is 0 Å². The van der Waals surface area contributed by atoms with Gasteiger partial charge in [0.1, 0.15) is 5.75 Å². The number of benzene rings is 1. The molecule has 120 valence electrons. The Morgan fingerprint density at radius 1 is 1.36 bits per heavy atom. The van der Waals surface area contributed by atoms with Crippen LogP contribution in [0.5, 0.6) is 5.75 Å². The molecule has 1 aromatic carbocycles. The van der Waals surface area contributed by atoms with Crippen molar-refractivity contribution in [2.24, 2.45) is 0 Å². The average molecular weight is 305 g/mol. The maximum Gasteiger partial charge on any atom is 0.303 e. The monoisotopic (exact) mass is 305 g/mol. The fourth-order valence-electron chi connectivity index (χ4n) is 2.91. The second-order valence-corrected chi connectivity index (χ2v) is 5.54. The molecule has 1 heterocycles. The molecule has 0 bridgehead atoms. The number of hydrogen-bond donors (Lipinski definition) is 1. The van der Waals surface area contributed by atoms with E-state index in [0.29, 0.717) is 30.9 Å². The number of carboxylic acids is 1. The average Bonchev–Trinajstić information content (AvgIpc) is 2.53. The molecule has 1 aromatic rings. The lowest BCUT2D eigenvalue weighted by molar-refractivity contribution is -0.137. The Kier molecular flexibility index (Phi) is 5.81. The normalized spacial score (nSPS) is 18.0. The van der Waals surface area contributed by atoms with Crippen LogP contribution in [0.3, 0.4) is 0 Å². The highest BCUT2D eigenvalue weighted by Crippen LogP contribution is 2.24. The van der Waals surface area contributed by atoms with Gasteiger partial charge in [-0.1, -0.05) is 6.07 Å². The minimum Gasteiger partial charge on any atom is -0.494 e. The lowest BCUT2D eigenvalue weighted by atomic mass is 9.97. The second kappa shape index (κ2) is 7.82. The van der Waals surface area contributed by atoms with Crippen molar-refractivity contribution in [2.75, 3.05) is 13.2 Å². The van der Waals surface area contributed by atoms with Crippen molar-refractivity contribution < 1.29 is 19.4 Å². The summed E-state index contributed by atoms with van der Waals surface area (Å²) < 4.78 is 5.44. The summed E-state index contributed by atoms with van der Waals surface area (Å²) in [6.45, 7) is 3.16. The van der Waals surface area contributed by atoms with Crippen molar-refractivity contribution in [1.29, 1.82) is 0 Å². The number of hydrogen-bond acceptors (Lipinski definition) is 3.